The molecule has 0 aliphatic carbocycles. The maximum atomic E-state index is 6.75. The van der Waals surface area contributed by atoms with Crippen molar-refractivity contribution < 1.29 is 4.74 Å². The SMILES string of the molecule is CCCCCCCC/C=C\CCCCCCC(COCC(CCCCCC/C=C\CCCCCCCC)C(C)N(CC)CC)C(C)N(CC)CC. The van der Waals surface area contributed by atoms with E-state index in [0.29, 0.717) is 23.9 Å². The van der Waals surface area contributed by atoms with Crippen molar-refractivity contribution in [2.45, 2.75) is 234 Å². The summed E-state index contributed by atoms with van der Waals surface area (Å²) < 4.78 is 6.75. The molecule has 0 rings (SSSR count). The molecule has 0 aromatic carbocycles. The minimum absolute atomic E-state index is 0.586. The second-order valence-electron chi connectivity index (χ2n) is 16.0. The van der Waals surface area contributed by atoms with Crippen LogP contribution in [-0.4, -0.2) is 61.3 Å². The van der Waals surface area contributed by atoms with Crippen LogP contribution in [0.25, 0.3) is 0 Å². The van der Waals surface area contributed by atoms with E-state index in [2.05, 4.69) is 89.5 Å². The monoisotopic (exact) mass is 717 g/mol. The third kappa shape index (κ3) is 29.4. The van der Waals surface area contributed by atoms with Crippen LogP contribution in [0.5, 0.6) is 0 Å². The van der Waals surface area contributed by atoms with Gasteiger partial charge in [-0.2, -0.15) is 0 Å². The summed E-state index contributed by atoms with van der Waals surface area (Å²) in [6.45, 7) is 25.2. The fourth-order valence-corrected chi connectivity index (χ4v) is 8.09. The van der Waals surface area contributed by atoms with Crippen LogP contribution in [0.15, 0.2) is 24.3 Å². The first kappa shape index (κ1) is 50.4. The van der Waals surface area contributed by atoms with Crippen LogP contribution in [0.1, 0.15) is 222 Å². The van der Waals surface area contributed by atoms with E-state index in [1.807, 2.05) is 0 Å². The van der Waals surface area contributed by atoms with E-state index in [0.717, 1.165) is 39.4 Å². The highest BCUT2D eigenvalue weighted by Crippen LogP contribution is 2.24. The lowest BCUT2D eigenvalue weighted by Crippen LogP contribution is -2.42. The number of ether oxygens (including phenoxy) is 1. The van der Waals surface area contributed by atoms with E-state index in [1.54, 1.807) is 0 Å². The Hall–Kier alpha value is -0.640. The molecule has 0 amide bonds. The molecule has 4 atom stereocenters. The molecule has 0 aliphatic rings. The second kappa shape index (κ2) is 39.1. The van der Waals surface area contributed by atoms with Gasteiger partial charge in [0, 0.05) is 12.1 Å². The van der Waals surface area contributed by atoms with Gasteiger partial charge in [-0.1, -0.05) is 169 Å². The predicted octanol–water partition coefficient (Wildman–Crippen LogP) is 15.0. The average molecular weight is 717 g/mol. The van der Waals surface area contributed by atoms with Gasteiger partial charge in [-0.3, -0.25) is 0 Å². The molecule has 0 saturated heterocycles. The van der Waals surface area contributed by atoms with Crippen molar-refractivity contribution in [3.05, 3.63) is 24.3 Å². The Morgan fingerprint density at radius 1 is 0.373 bits per heavy atom. The molecule has 0 radical (unpaired) electrons. The molecule has 304 valence electrons. The number of allylic oxidation sites excluding steroid dienone is 4. The molecule has 0 fully saturated rings. The molecule has 0 aromatic rings. The lowest BCUT2D eigenvalue weighted by Gasteiger charge is -2.35. The Bertz CT molecular complexity index is 667. The highest BCUT2D eigenvalue weighted by molar-refractivity contribution is 4.83. The van der Waals surface area contributed by atoms with E-state index in [4.69, 9.17) is 4.74 Å². The van der Waals surface area contributed by atoms with Crippen LogP contribution >= 0.6 is 0 Å². The Balaban J connectivity index is 4.65. The van der Waals surface area contributed by atoms with Gasteiger partial charge in [0.25, 0.3) is 0 Å². The summed E-state index contributed by atoms with van der Waals surface area (Å²) in [7, 11) is 0. The molecular weight excluding hydrogens is 621 g/mol. The summed E-state index contributed by atoms with van der Waals surface area (Å²) in [5.74, 6) is 1.25. The summed E-state index contributed by atoms with van der Waals surface area (Å²) in [5, 5.41) is 0. The Labute approximate surface area is 323 Å². The van der Waals surface area contributed by atoms with E-state index in [9.17, 15) is 0 Å². The first-order valence-corrected chi connectivity index (χ1v) is 23.4. The first-order valence-electron chi connectivity index (χ1n) is 23.4. The smallest absolute Gasteiger partial charge is 0.0509 e. The lowest BCUT2D eigenvalue weighted by atomic mass is 9.92. The van der Waals surface area contributed by atoms with E-state index in [1.165, 1.54) is 167 Å². The number of rotatable bonds is 40. The van der Waals surface area contributed by atoms with Gasteiger partial charge in [-0.05, 0) is 116 Å². The lowest BCUT2D eigenvalue weighted by molar-refractivity contribution is 0.0134. The van der Waals surface area contributed by atoms with Gasteiger partial charge < -0.3 is 14.5 Å². The van der Waals surface area contributed by atoms with Crippen molar-refractivity contribution in [2.24, 2.45) is 11.8 Å². The highest BCUT2D eigenvalue weighted by atomic mass is 16.5. The van der Waals surface area contributed by atoms with Gasteiger partial charge in [0.2, 0.25) is 0 Å². The fraction of sp³-hybridized carbons (Fsp3) is 0.917. The number of unbranched alkanes of at least 4 members (excludes halogenated alkanes) is 20. The van der Waals surface area contributed by atoms with Crippen molar-refractivity contribution in [1.82, 2.24) is 9.80 Å². The topological polar surface area (TPSA) is 15.7 Å². The summed E-state index contributed by atoms with van der Waals surface area (Å²) >= 11 is 0. The average Bonchev–Trinajstić information content (AvgIpc) is 3.14. The van der Waals surface area contributed by atoms with Gasteiger partial charge in [-0.25, -0.2) is 0 Å². The van der Waals surface area contributed by atoms with E-state index >= 15 is 0 Å². The summed E-state index contributed by atoms with van der Waals surface area (Å²) in [4.78, 5) is 5.31. The Morgan fingerprint density at radius 3 is 0.941 bits per heavy atom. The first-order chi connectivity index (χ1) is 25.0. The molecular formula is C48H96N2O. The Kier molecular flexibility index (Phi) is 38.6. The summed E-state index contributed by atoms with van der Waals surface area (Å²) in [5.41, 5.74) is 0. The van der Waals surface area contributed by atoms with E-state index in [-0.39, 0.29) is 0 Å². The van der Waals surface area contributed by atoms with Crippen LogP contribution in [0.3, 0.4) is 0 Å². The molecule has 4 unspecified atom stereocenters. The molecule has 0 spiro atoms. The van der Waals surface area contributed by atoms with E-state index < -0.39 is 0 Å². The van der Waals surface area contributed by atoms with Crippen LogP contribution in [-0.2, 0) is 4.74 Å². The van der Waals surface area contributed by atoms with Crippen LogP contribution < -0.4 is 0 Å². The van der Waals surface area contributed by atoms with Gasteiger partial charge >= 0.3 is 0 Å². The van der Waals surface area contributed by atoms with Gasteiger partial charge in [-0.15, -0.1) is 0 Å². The summed E-state index contributed by atoms with van der Waals surface area (Å²) in [6.07, 6.45) is 45.1. The molecule has 51 heavy (non-hydrogen) atoms. The normalized spacial score (nSPS) is 14.8. The van der Waals surface area contributed by atoms with Crippen molar-refractivity contribution in [2.75, 3.05) is 39.4 Å². The van der Waals surface area contributed by atoms with Crippen molar-refractivity contribution in [3.8, 4) is 0 Å². The van der Waals surface area contributed by atoms with Crippen LogP contribution in [0, 0.1) is 11.8 Å². The zero-order chi connectivity index (χ0) is 37.6. The number of hydrogen-bond acceptors (Lipinski definition) is 3. The fourth-order valence-electron chi connectivity index (χ4n) is 8.09. The molecule has 0 aliphatic heterocycles. The standard InChI is InChI=1S/C48H96N2O/c1-9-15-17-19-21-23-25-27-29-31-33-35-37-39-41-47(45(7)49(11-3)12-4)43-51-44-48(46(8)50(13-5)14-6)42-40-38-36-34-32-30-28-26-24-22-20-18-16-10-2/h27-30,45-48H,9-26,31-44H2,1-8H3/b29-27-,30-28-. The van der Waals surface area contributed by atoms with Crippen molar-refractivity contribution in [1.29, 1.82) is 0 Å². The van der Waals surface area contributed by atoms with Crippen molar-refractivity contribution >= 4 is 0 Å². The number of hydrogen-bond donors (Lipinski definition) is 0. The zero-order valence-corrected chi connectivity index (χ0v) is 36.5. The largest absolute Gasteiger partial charge is 0.381 e. The maximum Gasteiger partial charge on any atom is 0.0509 e. The molecule has 0 N–H and O–H groups in total. The van der Waals surface area contributed by atoms with Crippen molar-refractivity contribution in [3.63, 3.8) is 0 Å². The maximum absolute atomic E-state index is 6.75. The molecule has 3 heteroatoms. The van der Waals surface area contributed by atoms with Gasteiger partial charge in [0.05, 0.1) is 13.2 Å². The third-order valence-corrected chi connectivity index (χ3v) is 12.0. The van der Waals surface area contributed by atoms with Gasteiger partial charge in [0.15, 0.2) is 0 Å². The third-order valence-electron chi connectivity index (χ3n) is 12.0. The molecule has 0 heterocycles. The summed E-state index contributed by atoms with van der Waals surface area (Å²) in [6, 6.07) is 1.17. The minimum atomic E-state index is 0.586. The highest BCUT2D eigenvalue weighted by Gasteiger charge is 2.25. The number of nitrogens with zero attached hydrogens (tertiary/aromatic N) is 2. The van der Waals surface area contributed by atoms with Crippen LogP contribution in [0.2, 0.25) is 0 Å². The molecule has 0 bridgehead atoms. The predicted molar refractivity (Wildman–Crippen MR) is 232 cm³/mol. The second-order valence-corrected chi connectivity index (χ2v) is 16.0. The minimum Gasteiger partial charge on any atom is -0.381 e. The van der Waals surface area contributed by atoms with Gasteiger partial charge in [0.1, 0.15) is 0 Å². The molecule has 0 saturated carbocycles. The molecule has 3 nitrogen and oxygen atoms in total. The van der Waals surface area contributed by atoms with Crippen LogP contribution in [0.4, 0.5) is 0 Å². The zero-order valence-electron chi connectivity index (χ0n) is 36.5. The Morgan fingerprint density at radius 2 is 0.647 bits per heavy atom. The molecule has 0 aromatic heterocycles. The quantitative estimate of drug-likeness (QED) is 0.0464.